The summed E-state index contributed by atoms with van der Waals surface area (Å²) in [5, 5.41) is 3.81. The summed E-state index contributed by atoms with van der Waals surface area (Å²) in [6.07, 6.45) is 0. The first-order valence-corrected chi connectivity index (χ1v) is 5.19. The molecule has 0 atom stereocenters. The van der Waals surface area contributed by atoms with Crippen LogP contribution in [0.15, 0.2) is 18.2 Å². The molecular formula is C12H15N3O2. The zero-order valence-electron chi connectivity index (χ0n) is 10.1. The van der Waals surface area contributed by atoms with Crippen LogP contribution in [0.5, 0.6) is 11.5 Å². The SMILES string of the molecule is CNc1cc(N)c2cc(OC)c(OC)cc2n1. The molecule has 5 nitrogen and oxygen atoms in total. The van der Waals surface area contributed by atoms with Gasteiger partial charge in [0.2, 0.25) is 0 Å². The third kappa shape index (κ3) is 1.91. The van der Waals surface area contributed by atoms with E-state index in [4.69, 9.17) is 15.2 Å². The molecule has 1 heterocycles. The van der Waals surface area contributed by atoms with Gasteiger partial charge in [-0.1, -0.05) is 0 Å². The van der Waals surface area contributed by atoms with Crippen molar-refractivity contribution in [3.8, 4) is 11.5 Å². The van der Waals surface area contributed by atoms with Gasteiger partial charge in [0.05, 0.1) is 19.7 Å². The van der Waals surface area contributed by atoms with Gasteiger partial charge >= 0.3 is 0 Å². The summed E-state index contributed by atoms with van der Waals surface area (Å²) >= 11 is 0. The van der Waals surface area contributed by atoms with Crippen LogP contribution < -0.4 is 20.5 Å². The Balaban J connectivity index is 2.73. The van der Waals surface area contributed by atoms with Gasteiger partial charge in [-0.2, -0.15) is 0 Å². The second-order valence-electron chi connectivity index (χ2n) is 3.57. The lowest BCUT2D eigenvalue weighted by Gasteiger charge is -2.11. The standard InChI is InChI=1S/C12H15N3O2/c1-14-12-5-8(13)7-4-10(16-2)11(17-3)6-9(7)15-12/h4-6H,1-3H3,(H3,13,14,15). The molecule has 1 aromatic heterocycles. The van der Waals surface area contributed by atoms with Crippen molar-refractivity contribution in [2.24, 2.45) is 0 Å². The summed E-state index contributed by atoms with van der Waals surface area (Å²) in [7, 11) is 4.98. The molecular weight excluding hydrogens is 218 g/mol. The average Bonchev–Trinajstić information content (AvgIpc) is 2.36. The minimum atomic E-state index is 0.639. The summed E-state index contributed by atoms with van der Waals surface area (Å²) in [6.45, 7) is 0. The molecule has 90 valence electrons. The molecule has 3 N–H and O–H groups in total. The van der Waals surface area contributed by atoms with E-state index in [1.165, 1.54) is 0 Å². The maximum absolute atomic E-state index is 5.97. The molecule has 0 aliphatic heterocycles. The summed E-state index contributed by atoms with van der Waals surface area (Å²) in [5.41, 5.74) is 7.39. The number of nitrogens with one attached hydrogen (secondary N) is 1. The quantitative estimate of drug-likeness (QED) is 0.847. The molecule has 2 rings (SSSR count). The van der Waals surface area contributed by atoms with Gasteiger partial charge in [-0.05, 0) is 6.07 Å². The van der Waals surface area contributed by atoms with Crippen LogP contribution in [0.25, 0.3) is 10.9 Å². The third-order valence-electron chi connectivity index (χ3n) is 2.60. The minimum absolute atomic E-state index is 0.639. The fourth-order valence-electron chi connectivity index (χ4n) is 1.71. The molecule has 0 saturated carbocycles. The van der Waals surface area contributed by atoms with Crippen molar-refractivity contribution in [3.05, 3.63) is 18.2 Å². The van der Waals surface area contributed by atoms with Crippen molar-refractivity contribution in [1.82, 2.24) is 4.98 Å². The van der Waals surface area contributed by atoms with Crippen LogP contribution in [-0.2, 0) is 0 Å². The minimum Gasteiger partial charge on any atom is -0.493 e. The van der Waals surface area contributed by atoms with Gasteiger partial charge in [0, 0.05) is 30.3 Å². The Hall–Kier alpha value is -2.17. The molecule has 0 saturated heterocycles. The number of rotatable bonds is 3. The summed E-state index contributed by atoms with van der Waals surface area (Å²) in [6, 6.07) is 5.43. The number of fused-ring (bicyclic) bond motifs is 1. The lowest BCUT2D eigenvalue weighted by Crippen LogP contribution is -1.98. The van der Waals surface area contributed by atoms with Crippen molar-refractivity contribution in [2.75, 3.05) is 32.3 Å². The van der Waals surface area contributed by atoms with E-state index in [0.29, 0.717) is 17.2 Å². The number of anilines is 2. The molecule has 0 radical (unpaired) electrons. The largest absolute Gasteiger partial charge is 0.493 e. The van der Waals surface area contributed by atoms with Crippen LogP contribution in [-0.4, -0.2) is 26.3 Å². The fourth-order valence-corrected chi connectivity index (χ4v) is 1.71. The number of pyridine rings is 1. The second kappa shape index (κ2) is 4.37. The van der Waals surface area contributed by atoms with E-state index in [1.54, 1.807) is 27.3 Å². The zero-order valence-corrected chi connectivity index (χ0v) is 10.1. The summed E-state index contributed by atoms with van der Waals surface area (Å²) in [5.74, 6) is 2.01. The first-order valence-electron chi connectivity index (χ1n) is 5.19. The van der Waals surface area contributed by atoms with Crippen LogP contribution in [0.3, 0.4) is 0 Å². The molecule has 0 amide bonds. The molecule has 17 heavy (non-hydrogen) atoms. The predicted molar refractivity (Wildman–Crippen MR) is 68.8 cm³/mol. The molecule has 0 aliphatic rings. The van der Waals surface area contributed by atoms with E-state index in [9.17, 15) is 0 Å². The molecule has 0 fully saturated rings. The van der Waals surface area contributed by atoms with E-state index in [2.05, 4.69) is 10.3 Å². The third-order valence-corrected chi connectivity index (χ3v) is 2.60. The number of methoxy groups -OCH3 is 2. The highest BCUT2D eigenvalue weighted by atomic mass is 16.5. The van der Waals surface area contributed by atoms with Crippen molar-refractivity contribution < 1.29 is 9.47 Å². The molecule has 1 aromatic carbocycles. The lowest BCUT2D eigenvalue weighted by atomic mass is 10.1. The predicted octanol–water partition coefficient (Wildman–Crippen LogP) is 1.88. The van der Waals surface area contributed by atoms with Crippen molar-refractivity contribution in [3.63, 3.8) is 0 Å². The van der Waals surface area contributed by atoms with E-state index in [1.807, 2.05) is 12.1 Å². The number of ether oxygens (including phenoxy) is 2. The number of nitrogens with zero attached hydrogens (tertiary/aromatic N) is 1. The second-order valence-corrected chi connectivity index (χ2v) is 3.57. The van der Waals surface area contributed by atoms with Crippen molar-refractivity contribution in [2.45, 2.75) is 0 Å². The highest BCUT2D eigenvalue weighted by Gasteiger charge is 2.09. The van der Waals surface area contributed by atoms with E-state index >= 15 is 0 Å². The number of benzene rings is 1. The van der Waals surface area contributed by atoms with Gasteiger partial charge in [0.15, 0.2) is 11.5 Å². The Morgan fingerprint density at radius 1 is 1.12 bits per heavy atom. The smallest absolute Gasteiger partial charge is 0.162 e. The van der Waals surface area contributed by atoms with E-state index < -0.39 is 0 Å². The van der Waals surface area contributed by atoms with E-state index in [0.717, 1.165) is 16.7 Å². The van der Waals surface area contributed by atoms with Crippen LogP contribution in [0, 0.1) is 0 Å². The highest BCUT2D eigenvalue weighted by Crippen LogP contribution is 2.34. The molecule has 5 heteroatoms. The number of aromatic nitrogens is 1. The first-order chi connectivity index (χ1) is 8.19. The number of nitrogens with two attached hydrogens (primary N) is 1. The average molecular weight is 233 g/mol. The van der Waals surface area contributed by atoms with Crippen molar-refractivity contribution in [1.29, 1.82) is 0 Å². The van der Waals surface area contributed by atoms with Gasteiger partial charge in [-0.15, -0.1) is 0 Å². The summed E-state index contributed by atoms with van der Waals surface area (Å²) < 4.78 is 10.5. The van der Waals surface area contributed by atoms with Crippen LogP contribution in [0.1, 0.15) is 0 Å². The monoisotopic (exact) mass is 233 g/mol. The van der Waals surface area contributed by atoms with Gasteiger partial charge in [-0.3, -0.25) is 0 Å². The van der Waals surface area contributed by atoms with Gasteiger partial charge in [-0.25, -0.2) is 4.98 Å². The maximum atomic E-state index is 5.97. The first kappa shape index (κ1) is 11.3. The number of hydrogen-bond donors (Lipinski definition) is 2. The van der Waals surface area contributed by atoms with E-state index in [-0.39, 0.29) is 0 Å². The molecule has 2 aromatic rings. The maximum Gasteiger partial charge on any atom is 0.162 e. The Bertz CT molecular complexity index is 555. The summed E-state index contributed by atoms with van der Waals surface area (Å²) in [4.78, 5) is 4.41. The Morgan fingerprint density at radius 2 is 1.76 bits per heavy atom. The van der Waals surface area contributed by atoms with Gasteiger partial charge in [0.25, 0.3) is 0 Å². The van der Waals surface area contributed by atoms with Crippen LogP contribution >= 0.6 is 0 Å². The Kier molecular flexibility index (Phi) is 2.91. The normalized spacial score (nSPS) is 10.3. The number of hydrogen-bond acceptors (Lipinski definition) is 5. The molecule has 0 aliphatic carbocycles. The van der Waals surface area contributed by atoms with Crippen LogP contribution in [0.2, 0.25) is 0 Å². The lowest BCUT2D eigenvalue weighted by molar-refractivity contribution is 0.356. The Morgan fingerprint density at radius 3 is 2.35 bits per heavy atom. The molecule has 0 unspecified atom stereocenters. The van der Waals surface area contributed by atoms with Gasteiger partial charge < -0.3 is 20.5 Å². The molecule has 0 spiro atoms. The Labute approximate surface area is 99.5 Å². The molecule has 0 bridgehead atoms. The van der Waals surface area contributed by atoms with Gasteiger partial charge in [0.1, 0.15) is 5.82 Å². The number of nitrogen functional groups attached to an aromatic ring is 1. The zero-order chi connectivity index (χ0) is 12.4. The topological polar surface area (TPSA) is 69.4 Å². The van der Waals surface area contributed by atoms with Crippen LogP contribution in [0.4, 0.5) is 11.5 Å². The fraction of sp³-hybridized carbons (Fsp3) is 0.250. The van der Waals surface area contributed by atoms with Crippen molar-refractivity contribution >= 4 is 22.4 Å². The highest BCUT2D eigenvalue weighted by molar-refractivity contribution is 5.94.